The summed E-state index contributed by atoms with van der Waals surface area (Å²) in [5, 5.41) is 1.04. The lowest BCUT2D eigenvalue weighted by atomic mass is 10.2. The molecule has 0 bridgehead atoms. The van der Waals surface area contributed by atoms with Gasteiger partial charge in [-0.1, -0.05) is 0 Å². The lowest BCUT2D eigenvalue weighted by Gasteiger charge is -2.26. The van der Waals surface area contributed by atoms with E-state index in [1.54, 1.807) is 12.4 Å². The lowest BCUT2D eigenvalue weighted by molar-refractivity contribution is 0.1000. The molecule has 0 aromatic carbocycles. The topological polar surface area (TPSA) is 104 Å². The molecule has 3 aromatic rings. The molecular weight excluding hydrogens is 318 g/mol. The van der Waals surface area contributed by atoms with E-state index >= 15 is 0 Å². The van der Waals surface area contributed by atoms with Crippen LogP contribution in [-0.4, -0.2) is 52.0 Å². The van der Waals surface area contributed by atoms with Gasteiger partial charge in [-0.05, 0) is 24.6 Å². The SMILES string of the molecule is CN(c1ccc(C(N)=O)cn1)[C@@H]1CCN(c2ncnc3[nH]ccc23)C1. The molecule has 0 unspecified atom stereocenters. The predicted octanol–water partition coefficient (Wildman–Crippen LogP) is 1.17. The van der Waals surface area contributed by atoms with Gasteiger partial charge in [-0.25, -0.2) is 15.0 Å². The average molecular weight is 337 g/mol. The number of carbonyl (C=O) groups excluding carboxylic acids is 1. The van der Waals surface area contributed by atoms with Crippen molar-refractivity contribution >= 4 is 28.6 Å². The van der Waals surface area contributed by atoms with Gasteiger partial charge in [-0.15, -0.1) is 0 Å². The number of likely N-dealkylation sites (N-methyl/N-ethyl adjacent to an activating group) is 1. The second-order valence-electron chi connectivity index (χ2n) is 6.21. The molecule has 1 saturated heterocycles. The summed E-state index contributed by atoms with van der Waals surface area (Å²) in [6, 6.07) is 5.86. The number of hydrogen-bond acceptors (Lipinski definition) is 6. The number of pyridine rings is 1. The summed E-state index contributed by atoms with van der Waals surface area (Å²) >= 11 is 0. The van der Waals surface area contributed by atoms with Crippen molar-refractivity contribution in [1.29, 1.82) is 0 Å². The number of hydrogen-bond donors (Lipinski definition) is 2. The fraction of sp³-hybridized carbons (Fsp3) is 0.294. The molecule has 8 nitrogen and oxygen atoms in total. The van der Waals surface area contributed by atoms with Gasteiger partial charge in [-0.3, -0.25) is 4.79 Å². The summed E-state index contributed by atoms with van der Waals surface area (Å²) < 4.78 is 0. The monoisotopic (exact) mass is 337 g/mol. The summed E-state index contributed by atoms with van der Waals surface area (Å²) in [5.74, 6) is 1.32. The van der Waals surface area contributed by atoms with Crippen LogP contribution in [0.15, 0.2) is 36.9 Å². The molecule has 25 heavy (non-hydrogen) atoms. The van der Waals surface area contributed by atoms with Gasteiger partial charge in [0.25, 0.3) is 0 Å². The van der Waals surface area contributed by atoms with Crippen molar-refractivity contribution in [2.24, 2.45) is 5.73 Å². The highest BCUT2D eigenvalue weighted by Crippen LogP contribution is 2.28. The Kier molecular flexibility index (Phi) is 3.72. The number of amides is 1. The van der Waals surface area contributed by atoms with Crippen molar-refractivity contribution < 1.29 is 4.79 Å². The van der Waals surface area contributed by atoms with Crippen LogP contribution < -0.4 is 15.5 Å². The largest absolute Gasteiger partial charge is 0.366 e. The van der Waals surface area contributed by atoms with Gasteiger partial charge >= 0.3 is 0 Å². The van der Waals surface area contributed by atoms with E-state index in [-0.39, 0.29) is 0 Å². The minimum atomic E-state index is -0.465. The first-order chi connectivity index (χ1) is 12.1. The van der Waals surface area contributed by atoms with Crippen molar-refractivity contribution in [3.05, 3.63) is 42.5 Å². The Labute approximate surface area is 144 Å². The summed E-state index contributed by atoms with van der Waals surface area (Å²) in [5.41, 5.74) is 6.54. The fourth-order valence-corrected chi connectivity index (χ4v) is 3.29. The number of primary amides is 1. The Hall–Kier alpha value is -3.16. The molecule has 3 N–H and O–H groups in total. The first-order valence-electron chi connectivity index (χ1n) is 8.15. The first-order valence-corrected chi connectivity index (χ1v) is 8.15. The zero-order chi connectivity index (χ0) is 17.4. The standard InChI is InChI=1S/C17H19N7O/c1-23(14-3-2-11(8-20-14)15(18)25)12-5-7-24(9-12)17-13-4-6-19-16(13)21-10-22-17/h2-4,6,8,10,12H,5,7,9H2,1H3,(H2,18,25)(H,19,21,22)/t12-/m1/s1. The predicted molar refractivity (Wildman–Crippen MR) is 95.7 cm³/mol. The van der Waals surface area contributed by atoms with Gasteiger partial charge in [0, 0.05) is 38.6 Å². The Morgan fingerprint density at radius 3 is 2.96 bits per heavy atom. The first kappa shape index (κ1) is 15.4. The van der Waals surface area contributed by atoms with Crippen LogP contribution in [0.3, 0.4) is 0 Å². The second-order valence-corrected chi connectivity index (χ2v) is 6.21. The quantitative estimate of drug-likeness (QED) is 0.740. The highest BCUT2D eigenvalue weighted by molar-refractivity contribution is 5.92. The van der Waals surface area contributed by atoms with E-state index in [1.165, 1.54) is 6.20 Å². The van der Waals surface area contributed by atoms with Crippen molar-refractivity contribution in [2.45, 2.75) is 12.5 Å². The molecule has 8 heteroatoms. The molecule has 0 radical (unpaired) electrons. The van der Waals surface area contributed by atoms with Crippen molar-refractivity contribution in [1.82, 2.24) is 19.9 Å². The van der Waals surface area contributed by atoms with E-state index in [0.29, 0.717) is 11.6 Å². The van der Waals surface area contributed by atoms with Gasteiger partial charge in [-0.2, -0.15) is 0 Å². The van der Waals surface area contributed by atoms with Crippen molar-refractivity contribution in [3.8, 4) is 0 Å². The number of fused-ring (bicyclic) bond motifs is 1. The maximum Gasteiger partial charge on any atom is 0.250 e. The molecule has 1 aliphatic rings. The zero-order valence-electron chi connectivity index (χ0n) is 13.9. The normalized spacial score (nSPS) is 17.2. The number of aromatic nitrogens is 4. The Morgan fingerprint density at radius 2 is 2.20 bits per heavy atom. The summed E-state index contributed by atoms with van der Waals surface area (Å²) in [4.78, 5) is 31.8. The second kappa shape index (κ2) is 6.04. The van der Waals surface area contributed by atoms with Gasteiger partial charge in [0.15, 0.2) is 0 Å². The highest BCUT2D eigenvalue weighted by Gasteiger charge is 2.28. The Balaban J connectivity index is 1.52. The third-order valence-electron chi connectivity index (χ3n) is 4.74. The van der Waals surface area contributed by atoms with Gasteiger partial charge < -0.3 is 20.5 Å². The lowest BCUT2D eigenvalue weighted by Crippen LogP contribution is -2.35. The van der Waals surface area contributed by atoms with Crippen molar-refractivity contribution in [2.75, 3.05) is 29.9 Å². The number of nitrogens with zero attached hydrogens (tertiary/aromatic N) is 5. The minimum absolute atomic E-state index is 0.316. The van der Waals surface area contributed by atoms with Crippen LogP contribution in [-0.2, 0) is 0 Å². The number of aromatic amines is 1. The average Bonchev–Trinajstić information content (AvgIpc) is 3.30. The van der Waals surface area contributed by atoms with Crippen molar-refractivity contribution in [3.63, 3.8) is 0 Å². The maximum absolute atomic E-state index is 11.2. The number of nitrogens with one attached hydrogen (secondary N) is 1. The molecule has 0 aliphatic carbocycles. The van der Waals surface area contributed by atoms with E-state index in [2.05, 4.69) is 29.7 Å². The molecule has 4 rings (SSSR count). The molecule has 4 heterocycles. The summed E-state index contributed by atoms with van der Waals surface area (Å²) in [6.07, 6.45) is 6.00. The van der Waals surface area contributed by atoms with Crippen LogP contribution in [0, 0.1) is 0 Å². The fourth-order valence-electron chi connectivity index (χ4n) is 3.29. The summed E-state index contributed by atoms with van der Waals surface area (Å²) in [7, 11) is 2.02. The molecule has 1 amide bonds. The molecule has 128 valence electrons. The van der Waals surface area contributed by atoms with Crippen LogP contribution in [0.25, 0.3) is 11.0 Å². The van der Waals surface area contributed by atoms with E-state index in [4.69, 9.17) is 5.73 Å². The van der Waals surface area contributed by atoms with Gasteiger partial charge in [0.1, 0.15) is 23.6 Å². The molecule has 1 atom stereocenters. The van der Waals surface area contributed by atoms with Crippen LogP contribution in [0.4, 0.5) is 11.6 Å². The maximum atomic E-state index is 11.2. The Morgan fingerprint density at radius 1 is 1.32 bits per heavy atom. The minimum Gasteiger partial charge on any atom is -0.366 e. The van der Waals surface area contributed by atoms with Crippen LogP contribution in [0.5, 0.6) is 0 Å². The highest BCUT2D eigenvalue weighted by atomic mass is 16.1. The summed E-state index contributed by atoms with van der Waals surface area (Å²) in [6.45, 7) is 1.78. The molecule has 0 saturated carbocycles. The number of rotatable bonds is 4. The number of carbonyl (C=O) groups is 1. The smallest absolute Gasteiger partial charge is 0.250 e. The van der Waals surface area contributed by atoms with Gasteiger partial charge in [0.05, 0.1) is 10.9 Å². The van der Waals surface area contributed by atoms with Gasteiger partial charge in [0.2, 0.25) is 5.91 Å². The van der Waals surface area contributed by atoms with E-state index in [9.17, 15) is 4.79 Å². The van der Waals surface area contributed by atoms with Crippen LogP contribution >= 0.6 is 0 Å². The van der Waals surface area contributed by atoms with Crippen LogP contribution in [0.1, 0.15) is 16.8 Å². The number of anilines is 2. The zero-order valence-corrected chi connectivity index (χ0v) is 13.9. The van der Waals surface area contributed by atoms with E-state index < -0.39 is 5.91 Å². The third kappa shape index (κ3) is 2.75. The Bertz CT molecular complexity index is 905. The molecule has 3 aromatic heterocycles. The van der Waals surface area contributed by atoms with E-state index in [0.717, 1.165) is 42.2 Å². The molecule has 1 aliphatic heterocycles. The van der Waals surface area contributed by atoms with Crippen LogP contribution in [0.2, 0.25) is 0 Å². The number of H-pyrrole nitrogens is 1. The third-order valence-corrected chi connectivity index (χ3v) is 4.74. The molecule has 0 spiro atoms. The van der Waals surface area contributed by atoms with E-state index in [1.807, 2.05) is 25.4 Å². The molecule has 1 fully saturated rings. The molecular formula is C17H19N7O. The number of nitrogens with two attached hydrogens (primary N) is 1.